The number of amides is 1. The van der Waals surface area contributed by atoms with Crippen LogP contribution >= 0.6 is 11.8 Å². The van der Waals surface area contributed by atoms with Gasteiger partial charge in [-0.05, 0) is 71.9 Å². The first-order valence-corrected chi connectivity index (χ1v) is 9.48. The lowest BCUT2D eigenvalue weighted by Crippen LogP contribution is -2.28. The molecule has 5 nitrogen and oxygen atoms in total. The van der Waals surface area contributed by atoms with Crippen LogP contribution in [0.3, 0.4) is 0 Å². The molecule has 2 heterocycles. The van der Waals surface area contributed by atoms with E-state index >= 15 is 0 Å². The first-order chi connectivity index (χ1) is 13.7. The molecule has 1 fully saturated rings. The maximum Gasteiger partial charge on any atom is 0.271 e. The monoisotopic (exact) mass is 387 g/mol. The number of amidine groups is 1. The zero-order chi connectivity index (χ0) is 19.3. The molecule has 28 heavy (non-hydrogen) atoms. The molecule has 1 amide bonds. The lowest BCUT2D eigenvalue weighted by Gasteiger charge is -2.16. The number of benzene rings is 2. The summed E-state index contributed by atoms with van der Waals surface area (Å²) in [7, 11) is 1.61. The minimum atomic E-state index is -0.110. The number of nitrogens with zero attached hydrogens (tertiary/aromatic N) is 3. The number of anilines is 1. The van der Waals surface area contributed by atoms with Gasteiger partial charge in [-0.3, -0.25) is 14.7 Å². The summed E-state index contributed by atoms with van der Waals surface area (Å²) < 4.78 is 5.23. The molecular weight excluding hydrogens is 370 g/mol. The molecule has 0 unspecified atom stereocenters. The van der Waals surface area contributed by atoms with Gasteiger partial charge in [-0.2, -0.15) is 0 Å². The molecule has 1 aromatic heterocycles. The predicted octanol–water partition coefficient (Wildman–Crippen LogP) is 4.90. The number of hydrogen-bond donors (Lipinski definition) is 0. The summed E-state index contributed by atoms with van der Waals surface area (Å²) in [6, 6.07) is 20.7. The van der Waals surface area contributed by atoms with Crippen LogP contribution in [0.5, 0.6) is 5.75 Å². The maximum absolute atomic E-state index is 13.2. The van der Waals surface area contributed by atoms with Gasteiger partial charge >= 0.3 is 0 Å². The van der Waals surface area contributed by atoms with Crippen LogP contribution < -0.4 is 9.64 Å². The minimum Gasteiger partial charge on any atom is -0.497 e. The molecule has 0 aliphatic carbocycles. The van der Waals surface area contributed by atoms with E-state index in [1.165, 1.54) is 11.8 Å². The van der Waals surface area contributed by atoms with E-state index in [4.69, 9.17) is 9.73 Å². The molecule has 0 atom stereocenters. The number of aromatic nitrogens is 1. The summed E-state index contributed by atoms with van der Waals surface area (Å²) in [6.45, 7) is 0. The van der Waals surface area contributed by atoms with Gasteiger partial charge in [0.2, 0.25) is 0 Å². The van der Waals surface area contributed by atoms with Crippen molar-refractivity contribution in [1.29, 1.82) is 0 Å². The Kier molecular flexibility index (Phi) is 5.21. The second-order valence-electron chi connectivity index (χ2n) is 5.96. The Labute approximate surface area is 167 Å². The van der Waals surface area contributed by atoms with E-state index in [9.17, 15) is 4.79 Å². The summed E-state index contributed by atoms with van der Waals surface area (Å²) in [5, 5.41) is 0.613. The van der Waals surface area contributed by atoms with Crippen LogP contribution in [0.25, 0.3) is 6.08 Å². The van der Waals surface area contributed by atoms with Crippen molar-refractivity contribution in [2.75, 3.05) is 12.0 Å². The van der Waals surface area contributed by atoms with Crippen LogP contribution in [-0.4, -0.2) is 23.2 Å². The van der Waals surface area contributed by atoms with Gasteiger partial charge in [0, 0.05) is 12.4 Å². The van der Waals surface area contributed by atoms with Crippen LogP contribution in [0, 0.1) is 0 Å². The fourth-order valence-corrected chi connectivity index (χ4v) is 3.73. The Hall–Kier alpha value is -3.38. The molecule has 1 aliphatic rings. The largest absolute Gasteiger partial charge is 0.497 e. The number of rotatable bonds is 4. The Morgan fingerprint density at radius 1 is 1.00 bits per heavy atom. The molecule has 4 rings (SSSR count). The van der Waals surface area contributed by atoms with E-state index in [0.717, 1.165) is 22.7 Å². The lowest BCUT2D eigenvalue weighted by atomic mass is 10.2. The van der Waals surface area contributed by atoms with Crippen molar-refractivity contribution < 1.29 is 9.53 Å². The first kappa shape index (κ1) is 18.0. The van der Waals surface area contributed by atoms with Gasteiger partial charge in [0.1, 0.15) is 5.75 Å². The standard InChI is InChI=1S/C22H17N3O2S/c1-27-19-9-7-18(8-10-19)25-21(26)20(15-16-11-13-23-14-12-16)28-22(25)24-17-5-3-2-4-6-17/h2-15H,1H3. The van der Waals surface area contributed by atoms with Gasteiger partial charge in [-0.15, -0.1) is 0 Å². The molecule has 2 aromatic carbocycles. The molecule has 0 radical (unpaired) electrons. The van der Waals surface area contributed by atoms with Gasteiger partial charge in [0.25, 0.3) is 5.91 Å². The molecule has 0 spiro atoms. The normalized spacial score (nSPS) is 16.8. The molecule has 138 valence electrons. The topological polar surface area (TPSA) is 54.8 Å². The summed E-state index contributed by atoms with van der Waals surface area (Å²) in [6.07, 6.45) is 5.27. The van der Waals surface area contributed by atoms with Crippen LogP contribution in [0.1, 0.15) is 5.56 Å². The summed E-state index contributed by atoms with van der Waals surface area (Å²) in [5.74, 6) is 0.624. The highest BCUT2D eigenvalue weighted by atomic mass is 32.2. The first-order valence-electron chi connectivity index (χ1n) is 8.66. The van der Waals surface area contributed by atoms with Crippen molar-refractivity contribution in [3.63, 3.8) is 0 Å². The third-order valence-corrected chi connectivity index (χ3v) is 5.09. The molecule has 1 aliphatic heterocycles. The number of carbonyl (C=O) groups excluding carboxylic acids is 1. The maximum atomic E-state index is 13.2. The lowest BCUT2D eigenvalue weighted by molar-refractivity contribution is -0.113. The number of ether oxygens (including phenoxy) is 1. The highest BCUT2D eigenvalue weighted by Gasteiger charge is 2.34. The highest BCUT2D eigenvalue weighted by molar-refractivity contribution is 8.19. The second-order valence-corrected chi connectivity index (χ2v) is 6.97. The Morgan fingerprint density at radius 2 is 1.71 bits per heavy atom. The van der Waals surface area contributed by atoms with E-state index < -0.39 is 0 Å². The zero-order valence-electron chi connectivity index (χ0n) is 15.1. The fourth-order valence-electron chi connectivity index (χ4n) is 2.73. The molecule has 6 heteroatoms. The van der Waals surface area contributed by atoms with Crippen molar-refractivity contribution in [3.05, 3.63) is 89.6 Å². The number of thioether (sulfide) groups is 1. The van der Waals surface area contributed by atoms with Crippen molar-refractivity contribution >= 4 is 40.3 Å². The summed E-state index contributed by atoms with van der Waals surface area (Å²) >= 11 is 1.36. The molecule has 0 N–H and O–H groups in total. The van der Waals surface area contributed by atoms with E-state index in [0.29, 0.717) is 10.1 Å². The van der Waals surface area contributed by atoms with Crippen LogP contribution in [-0.2, 0) is 4.79 Å². The molecule has 0 saturated carbocycles. The molecular formula is C22H17N3O2S. The fraction of sp³-hybridized carbons (Fsp3) is 0.0455. The molecule has 3 aromatic rings. The number of carbonyl (C=O) groups is 1. The second kappa shape index (κ2) is 8.10. The van der Waals surface area contributed by atoms with Crippen LogP contribution in [0.2, 0.25) is 0 Å². The average Bonchev–Trinajstić information content (AvgIpc) is 3.04. The smallest absolute Gasteiger partial charge is 0.271 e. The van der Waals surface area contributed by atoms with Crippen LogP contribution in [0.4, 0.5) is 11.4 Å². The Morgan fingerprint density at radius 3 is 2.39 bits per heavy atom. The van der Waals surface area contributed by atoms with Crippen LogP contribution in [0.15, 0.2) is 89.0 Å². The van der Waals surface area contributed by atoms with Gasteiger partial charge < -0.3 is 4.74 Å². The van der Waals surface area contributed by atoms with E-state index in [2.05, 4.69) is 4.98 Å². The molecule has 1 saturated heterocycles. The van der Waals surface area contributed by atoms with Gasteiger partial charge in [-0.25, -0.2) is 4.99 Å². The molecule has 0 bridgehead atoms. The van der Waals surface area contributed by atoms with Gasteiger partial charge in [0.15, 0.2) is 5.17 Å². The van der Waals surface area contributed by atoms with Gasteiger partial charge in [-0.1, -0.05) is 18.2 Å². The predicted molar refractivity (Wildman–Crippen MR) is 114 cm³/mol. The third kappa shape index (κ3) is 3.82. The Balaban J connectivity index is 1.76. The summed E-state index contributed by atoms with van der Waals surface area (Å²) in [4.78, 5) is 24.1. The van der Waals surface area contributed by atoms with Crippen molar-refractivity contribution in [3.8, 4) is 5.75 Å². The van der Waals surface area contributed by atoms with Crippen molar-refractivity contribution in [2.24, 2.45) is 4.99 Å². The Bertz CT molecular complexity index is 1030. The SMILES string of the molecule is COc1ccc(N2C(=O)C(=Cc3ccncc3)SC2=Nc2ccccc2)cc1. The van der Waals surface area contributed by atoms with Crippen molar-refractivity contribution in [2.45, 2.75) is 0 Å². The van der Waals surface area contributed by atoms with Gasteiger partial charge in [0.05, 0.1) is 23.4 Å². The van der Waals surface area contributed by atoms with Crippen molar-refractivity contribution in [1.82, 2.24) is 4.98 Å². The van der Waals surface area contributed by atoms with E-state index in [1.54, 1.807) is 24.4 Å². The van der Waals surface area contributed by atoms with E-state index in [-0.39, 0.29) is 5.91 Å². The quantitative estimate of drug-likeness (QED) is 0.598. The number of methoxy groups -OCH3 is 1. The number of aliphatic imine (C=N–C) groups is 1. The van der Waals surface area contributed by atoms with E-state index in [1.807, 2.05) is 72.8 Å². The number of pyridine rings is 1. The minimum absolute atomic E-state index is 0.110. The zero-order valence-corrected chi connectivity index (χ0v) is 16.0. The number of hydrogen-bond acceptors (Lipinski definition) is 5. The number of para-hydroxylation sites is 1. The highest BCUT2D eigenvalue weighted by Crippen LogP contribution is 2.37. The average molecular weight is 387 g/mol. The third-order valence-electron chi connectivity index (χ3n) is 4.12. The summed E-state index contributed by atoms with van der Waals surface area (Å²) in [5.41, 5.74) is 2.45.